The van der Waals surface area contributed by atoms with Crippen LogP contribution in [-0.4, -0.2) is 39.2 Å². The Balaban J connectivity index is 2.08. The fourth-order valence-corrected chi connectivity index (χ4v) is 2.53. The van der Waals surface area contributed by atoms with E-state index < -0.39 is 0 Å². The van der Waals surface area contributed by atoms with Gasteiger partial charge in [0.2, 0.25) is 0 Å². The van der Waals surface area contributed by atoms with E-state index in [1.165, 1.54) is 7.11 Å². The second kappa shape index (κ2) is 7.88. The van der Waals surface area contributed by atoms with E-state index in [4.69, 9.17) is 18.6 Å². The van der Waals surface area contributed by atoms with E-state index in [0.29, 0.717) is 30.2 Å². The van der Waals surface area contributed by atoms with Crippen molar-refractivity contribution < 1.29 is 23.4 Å². The quantitative estimate of drug-likeness (QED) is 0.726. The van der Waals surface area contributed by atoms with Crippen molar-refractivity contribution in [3.8, 4) is 11.5 Å². The van der Waals surface area contributed by atoms with Gasteiger partial charge in [-0.25, -0.2) is 4.79 Å². The fourth-order valence-electron chi connectivity index (χ4n) is 2.53. The minimum atomic E-state index is -0.387. The topological polar surface area (TPSA) is 61.1 Å². The van der Waals surface area contributed by atoms with Gasteiger partial charge in [0.1, 0.15) is 28.6 Å². The van der Waals surface area contributed by atoms with Crippen LogP contribution in [0.5, 0.6) is 11.5 Å². The average Bonchev–Trinajstić information content (AvgIpc) is 2.94. The lowest BCUT2D eigenvalue weighted by Gasteiger charge is -2.17. The maximum atomic E-state index is 11.6. The Morgan fingerprint density at radius 1 is 1.12 bits per heavy atom. The van der Waals surface area contributed by atoms with Crippen LogP contribution in [0.25, 0.3) is 0 Å². The van der Waals surface area contributed by atoms with Gasteiger partial charge >= 0.3 is 5.97 Å². The third kappa shape index (κ3) is 4.08. The molecule has 0 saturated heterocycles. The third-order valence-electron chi connectivity index (χ3n) is 3.73. The maximum absolute atomic E-state index is 11.6. The van der Waals surface area contributed by atoms with Crippen molar-refractivity contribution in [1.29, 1.82) is 0 Å². The number of furan rings is 1. The molecule has 130 valence electrons. The minimum absolute atomic E-state index is 0.387. The molecule has 0 saturated carbocycles. The summed E-state index contributed by atoms with van der Waals surface area (Å²) >= 11 is 0. The van der Waals surface area contributed by atoms with Crippen molar-refractivity contribution in [3.05, 3.63) is 46.9 Å². The first-order valence-electron chi connectivity index (χ1n) is 7.55. The number of nitrogens with zero attached hydrogens (tertiary/aromatic N) is 1. The zero-order valence-corrected chi connectivity index (χ0v) is 14.7. The van der Waals surface area contributed by atoms with E-state index in [1.54, 1.807) is 27.2 Å². The first-order valence-corrected chi connectivity index (χ1v) is 7.55. The third-order valence-corrected chi connectivity index (χ3v) is 3.73. The number of carbonyl (C=O) groups excluding carboxylic acids is 1. The molecule has 0 unspecified atom stereocenters. The van der Waals surface area contributed by atoms with Gasteiger partial charge in [0, 0.05) is 18.2 Å². The highest BCUT2D eigenvalue weighted by Gasteiger charge is 2.17. The van der Waals surface area contributed by atoms with Crippen LogP contribution in [0.15, 0.2) is 28.7 Å². The summed E-state index contributed by atoms with van der Waals surface area (Å²) in [5.41, 5.74) is 1.50. The zero-order valence-electron chi connectivity index (χ0n) is 14.7. The molecule has 0 aliphatic heterocycles. The lowest BCUT2D eigenvalue weighted by Crippen LogP contribution is -2.17. The van der Waals surface area contributed by atoms with Crippen LogP contribution in [-0.2, 0) is 17.8 Å². The second-order valence-electron chi connectivity index (χ2n) is 5.52. The molecule has 24 heavy (non-hydrogen) atoms. The number of rotatable bonds is 7. The predicted octanol–water partition coefficient (Wildman–Crippen LogP) is 3.02. The number of methoxy groups -OCH3 is 3. The van der Waals surface area contributed by atoms with Crippen molar-refractivity contribution >= 4 is 5.97 Å². The number of esters is 1. The fraction of sp³-hybridized carbons (Fsp3) is 0.389. The summed E-state index contributed by atoms with van der Waals surface area (Å²) in [6.07, 6.45) is 0. The number of aryl methyl sites for hydroxylation is 1. The highest BCUT2D eigenvalue weighted by atomic mass is 16.5. The van der Waals surface area contributed by atoms with Crippen LogP contribution >= 0.6 is 0 Å². The number of hydrogen-bond donors (Lipinski definition) is 0. The molecule has 0 amide bonds. The summed E-state index contributed by atoms with van der Waals surface area (Å²) in [5.74, 6) is 2.41. The van der Waals surface area contributed by atoms with Crippen molar-refractivity contribution in [1.82, 2.24) is 4.90 Å². The molecule has 2 aromatic rings. The smallest absolute Gasteiger partial charge is 0.341 e. The number of benzene rings is 1. The Labute approximate surface area is 141 Å². The molecule has 0 spiro atoms. The standard InChI is InChI=1S/C18H23NO5/c1-12-16(18(20)23-5)8-15(24-12)11-19(2)10-13-6-7-14(21-3)9-17(13)22-4/h6-9H,10-11H2,1-5H3. The van der Waals surface area contributed by atoms with Crippen molar-refractivity contribution in [2.24, 2.45) is 0 Å². The van der Waals surface area contributed by atoms with Crippen molar-refractivity contribution in [2.75, 3.05) is 28.4 Å². The molecular weight excluding hydrogens is 310 g/mol. The molecule has 1 aromatic heterocycles. The number of hydrogen-bond acceptors (Lipinski definition) is 6. The number of carbonyl (C=O) groups is 1. The molecule has 1 heterocycles. The maximum Gasteiger partial charge on any atom is 0.341 e. The van der Waals surface area contributed by atoms with Gasteiger partial charge in [0.15, 0.2) is 0 Å². The first kappa shape index (κ1) is 17.9. The lowest BCUT2D eigenvalue weighted by molar-refractivity contribution is 0.0599. The van der Waals surface area contributed by atoms with E-state index in [2.05, 4.69) is 4.90 Å². The Morgan fingerprint density at radius 2 is 1.88 bits per heavy atom. The minimum Gasteiger partial charge on any atom is -0.497 e. The molecule has 6 heteroatoms. The highest BCUT2D eigenvalue weighted by Crippen LogP contribution is 2.26. The second-order valence-corrected chi connectivity index (χ2v) is 5.52. The van der Waals surface area contributed by atoms with Crippen molar-refractivity contribution in [3.63, 3.8) is 0 Å². The molecule has 0 aliphatic rings. The van der Waals surface area contributed by atoms with E-state index in [1.807, 2.05) is 25.2 Å². The highest BCUT2D eigenvalue weighted by molar-refractivity contribution is 5.90. The SMILES string of the molecule is COC(=O)c1cc(CN(C)Cc2ccc(OC)cc2OC)oc1C. The van der Waals surface area contributed by atoms with Gasteiger partial charge in [-0.05, 0) is 26.1 Å². The van der Waals surface area contributed by atoms with Gasteiger partial charge in [-0.1, -0.05) is 6.07 Å². The summed E-state index contributed by atoms with van der Waals surface area (Å²) < 4.78 is 21.0. The van der Waals surface area contributed by atoms with Gasteiger partial charge in [-0.3, -0.25) is 4.90 Å². The van der Waals surface area contributed by atoms with E-state index in [-0.39, 0.29) is 5.97 Å². The molecule has 0 aliphatic carbocycles. The van der Waals surface area contributed by atoms with Crippen LogP contribution in [0.4, 0.5) is 0 Å². The van der Waals surface area contributed by atoms with E-state index in [9.17, 15) is 4.79 Å². The summed E-state index contributed by atoms with van der Waals surface area (Å²) in [4.78, 5) is 13.7. The molecule has 0 bridgehead atoms. The van der Waals surface area contributed by atoms with Crippen molar-refractivity contribution in [2.45, 2.75) is 20.0 Å². The van der Waals surface area contributed by atoms with Gasteiger partial charge in [-0.15, -0.1) is 0 Å². The molecule has 0 fully saturated rings. The average molecular weight is 333 g/mol. The normalized spacial score (nSPS) is 10.8. The van der Waals surface area contributed by atoms with Crippen LogP contribution in [0.1, 0.15) is 27.4 Å². The molecular formula is C18H23NO5. The molecule has 0 radical (unpaired) electrons. The number of ether oxygens (including phenoxy) is 3. The Bertz CT molecular complexity index is 707. The summed E-state index contributed by atoms with van der Waals surface area (Å²) in [7, 11) is 6.59. The molecule has 0 N–H and O–H groups in total. The Kier molecular flexibility index (Phi) is 5.87. The molecule has 2 rings (SSSR count). The van der Waals surface area contributed by atoms with Gasteiger partial charge < -0.3 is 18.6 Å². The van der Waals surface area contributed by atoms with E-state index in [0.717, 1.165) is 17.1 Å². The molecule has 1 aromatic carbocycles. The Morgan fingerprint density at radius 3 is 2.50 bits per heavy atom. The van der Waals surface area contributed by atoms with Crippen LogP contribution in [0.3, 0.4) is 0 Å². The summed E-state index contributed by atoms with van der Waals surface area (Å²) in [6.45, 7) is 2.98. The van der Waals surface area contributed by atoms with Gasteiger partial charge in [-0.2, -0.15) is 0 Å². The molecule has 0 atom stereocenters. The van der Waals surface area contributed by atoms with E-state index >= 15 is 0 Å². The predicted molar refractivity (Wildman–Crippen MR) is 89.5 cm³/mol. The largest absolute Gasteiger partial charge is 0.497 e. The summed E-state index contributed by atoms with van der Waals surface area (Å²) in [6, 6.07) is 7.46. The zero-order chi connectivity index (χ0) is 17.7. The molecule has 6 nitrogen and oxygen atoms in total. The van der Waals surface area contributed by atoms with Crippen LogP contribution < -0.4 is 9.47 Å². The van der Waals surface area contributed by atoms with Gasteiger partial charge in [0.05, 0.1) is 27.9 Å². The summed E-state index contributed by atoms with van der Waals surface area (Å²) in [5, 5.41) is 0. The first-order chi connectivity index (χ1) is 11.5. The Hall–Kier alpha value is -2.47. The lowest BCUT2D eigenvalue weighted by atomic mass is 10.1. The van der Waals surface area contributed by atoms with Gasteiger partial charge in [0.25, 0.3) is 0 Å². The van der Waals surface area contributed by atoms with Crippen LogP contribution in [0, 0.1) is 6.92 Å². The monoisotopic (exact) mass is 333 g/mol. The van der Waals surface area contributed by atoms with Crippen LogP contribution in [0.2, 0.25) is 0 Å².